The topological polar surface area (TPSA) is 24.8 Å². The van der Waals surface area contributed by atoms with Gasteiger partial charge in [0.25, 0.3) is 0 Å². The molecule has 1 spiro atoms. The third kappa shape index (κ3) is 2.82. The van der Waals surface area contributed by atoms with Crippen LogP contribution in [0, 0.1) is 0 Å². The molecule has 1 aliphatic carbocycles. The Morgan fingerprint density at radius 1 is 1.27 bits per heavy atom. The van der Waals surface area contributed by atoms with Gasteiger partial charge < -0.3 is 9.64 Å². The van der Waals surface area contributed by atoms with E-state index in [1.165, 1.54) is 4.90 Å². The van der Waals surface area contributed by atoms with Gasteiger partial charge in [-0.2, -0.15) is 22.0 Å². The van der Waals surface area contributed by atoms with Crippen molar-refractivity contribution in [1.29, 1.82) is 0 Å². The normalized spacial score (nSPS) is 24.4. The van der Waals surface area contributed by atoms with E-state index in [1.54, 1.807) is 0 Å². The number of benzene rings is 1. The van der Waals surface area contributed by atoms with Crippen LogP contribution in [0.15, 0.2) is 51.3 Å². The zero-order chi connectivity index (χ0) is 18.7. The average molecular weight is 435 g/mol. The molecular weight excluding hydrogens is 423 g/mol. The first-order valence-electron chi connectivity index (χ1n) is 7.79. The molecule has 138 valence electrons. The van der Waals surface area contributed by atoms with Gasteiger partial charge in [-0.05, 0) is 42.2 Å². The summed E-state index contributed by atoms with van der Waals surface area (Å²) in [7, 11) is 0. The van der Waals surface area contributed by atoms with Crippen molar-refractivity contribution in [2.45, 2.75) is 31.2 Å². The lowest BCUT2D eigenvalue weighted by atomic mass is 9.93. The summed E-state index contributed by atoms with van der Waals surface area (Å²) in [6, 6.07) is 5.67. The number of ether oxygens (including phenoxy) is 1. The van der Waals surface area contributed by atoms with Crippen molar-refractivity contribution in [3.63, 3.8) is 0 Å². The van der Waals surface area contributed by atoms with Gasteiger partial charge in [-0.25, -0.2) is 0 Å². The molecular formula is C17H12BrF5N2O. The SMILES string of the molecule is FC(F)OC1=CC(C(F)(F)F)=CN2C[C@@]3(CCc4cc(Br)ccc43)N=C12. The van der Waals surface area contributed by atoms with E-state index in [0.717, 1.165) is 21.8 Å². The van der Waals surface area contributed by atoms with E-state index >= 15 is 0 Å². The predicted molar refractivity (Wildman–Crippen MR) is 87.6 cm³/mol. The fourth-order valence-corrected chi connectivity index (χ4v) is 4.10. The van der Waals surface area contributed by atoms with Crippen molar-refractivity contribution in [3.8, 4) is 0 Å². The first-order chi connectivity index (χ1) is 12.2. The fraction of sp³-hybridized carbons (Fsp3) is 0.353. The monoisotopic (exact) mass is 434 g/mol. The average Bonchev–Trinajstić information content (AvgIpc) is 3.07. The summed E-state index contributed by atoms with van der Waals surface area (Å²) in [4.78, 5) is 5.81. The minimum atomic E-state index is -4.67. The maximum atomic E-state index is 13.1. The predicted octanol–water partition coefficient (Wildman–Crippen LogP) is 4.89. The standard InChI is InChI=1S/C17H12BrF5N2O/c18-11-1-2-12-9(5-11)3-4-16(12)8-25-7-10(17(21,22)23)6-13(14(25)24-16)26-15(19)20/h1-2,5-7,15H,3-4,8H2/t16-/m1/s1. The maximum absolute atomic E-state index is 13.1. The van der Waals surface area contributed by atoms with Gasteiger partial charge in [-0.1, -0.05) is 22.0 Å². The Hall–Kier alpha value is -1.90. The number of alkyl halides is 5. The summed E-state index contributed by atoms with van der Waals surface area (Å²) >= 11 is 3.40. The number of amidine groups is 1. The van der Waals surface area contributed by atoms with E-state index in [0.29, 0.717) is 18.9 Å². The van der Waals surface area contributed by atoms with Crippen LogP contribution in [0.4, 0.5) is 22.0 Å². The first-order valence-corrected chi connectivity index (χ1v) is 8.59. The first kappa shape index (κ1) is 17.5. The van der Waals surface area contributed by atoms with Gasteiger partial charge in [0.05, 0.1) is 12.1 Å². The highest BCUT2D eigenvalue weighted by Crippen LogP contribution is 2.47. The number of hydrogen-bond acceptors (Lipinski definition) is 3. The van der Waals surface area contributed by atoms with Gasteiger partial charge in [0.1, 0.15) is 5.54 Å². The van der Waals surface area contributed by atoms with Gasteiger partial charge in [0, 0.05) is 10.7 Å². The summed E-state index contributed by atoms with van der Waals surface area (Å²) in [5.41, 5.74) is 0.149. The Morgan fingerprint density at radius 3 is 2.73 bits per heavy atom. The molecule has 1 aromatic rings. The number of allylic oxidation sites excluding steroid dienone is 2. The molecule has 0 radical (unpaired) electrons. The van der Waals surface area contributed by atoms with Crippen molar-refractivity contribution >= 4 is 21.8 Å². The second-order valence-electron chi connectivity index (χ2n) is 6.37. The Labute approximate surface area is 154 Å². The third-order valence-corrected chi connectivity index (χ3v) is 5.24. The maximum Gasteiger partial charge on any atom is 0.417 e. The zero-order valence-electron chi connectivity index (χ0n) is 13.2. The molecule has 2 heterocycles. The Balaban J connectivity index is 1.78. The highest BCUT2D eigenvalue weighted by molar-refractivity contribution is 9.10. The summed E-state index contributed by atoms with van der Waals surface area (Å²) in [5, 5.41) is 0. The number of rotatable bonds is 2. The summed E-state index contributed by atoms with van der Waals surface area (Å²) in [5.74, 6) is -0.550. The lowest BCUT2D eigenvalue weighted by Gasteiger charge is -2.26. The minimum Gasteiger partial charge on any atom is -0.431 e. The molecule has 0 saturated carbocycles. The lowest BCUT2D eigenvalue weighted by Crippen LogP contribution is -2.34. The minimum absolute atomic E-state index is 0.00840. The van der Waals surface area contributed by atoms with Gasteiger partial charge in [-0.15, -0.1) is 0 Å². The van der Waals surface area contributed by atoms with Crippen molar-refractivity contribution in [2.24, 2.45) is 4.99 Å². The van der Waals surface area contributed by atoms with E-state index in [-0.39, 0.29) is 12.4 Å². The van der Waals surface area contributed by atoms with E-state index < -0.39 is 29.7 Å². The Kier molecular flexibility index (Phi) is 3.91. The summed E-state index contributed by atoms with van der Waals surface area (Å²) in [6.45, 7) is -3.08. The van der Waals surface area contributed by atoms with Crippen LogP contribution >= 0.6 is 15.9 Å². The number of halogens is 6. The van der Waals surface area contributed by atoms with Crippen LogP contribution in [0.5, 0.6) is 0 Å². The third-order valence-electron chi connectivity index (χ3n) is 4.75. The highest BCUT2D eigenvalue weighted by Gasteiger charge is 2.48. The number of hydrogen-bond donors (Lipinski definition) is 0. The van der Waals surface area contributed by atoms with E-state index in [9.17, 15) is 22.0 Å². The van der Waals surface area contributed by atoms with Crippen molar-refractivity contribution < 1.29 is 26.7 Å². The molecule has 2 aliphatic heterocycles. The molecule has 0 bridgehead atoms. The number of aryl methyl sites for hydroxylation is 1. The molecule has 0 saturated heterocycles. The van der Waals surface area contributed by atoms with Crippen LogP contribution in [-0.2, 0) is 16.7 Å². The van der Waals surface area contributed by atoms with Crippen molar-refractivity contribution in [2.75, 3.05) is 6.54 Å². The molecule has 26 heavy (non-hydrogen) atoms. The Bertz CT molecular complexity index is 861. The lowest BCUT2D eigenvalue weighted by molar-refractivity contribution is -0.0981. The fourth-order valence-electron chi connectivity index (χ4n) is 3.69. The van der Waals surface area contributed by atoms with Crippen LogP contribution in [-0.4, -0.2) is 30.1 Å². The number of fused-ring (bicyclic) bond motifs is 3. The van der Waals surface area contributed by atoms with Crippen LogP contribution in [0.1, 0.15) is 17.5 Å². The second kappa shape index (κ2) is 5.80. The second-order valence-corrected chi connectivity index (χ2v) is 7.28. The largest absolute Gasteiger partial charge is 0.431 e. The van der Waals surface area contributed by atoms with Gasteiger partial charge in [0.2, 0.25) is 0 Å². The highest BCUT2D eigenvalue weighted by atomic mass is 79.9. The van der Waals surface area contributed by atoms with Crippen molar-refractivity contribution in [3.05, 3.63) is 57.4 Å². The van der Waals surface area contributed by atoms with Gasteiger partial charge in [-0.3, -0.25) is 4.99 Å². The summed E-state index contributed by atoms with van der Waals surface area (Å²) in [6.07, 6.45) is -1.88. The van der Waals surface area contributed by atoms with Crippen LogP contribution in [0.25, 0.3) is 0 Å². The molecule has 3 nitrogen and oxygen atoms in total. The van der Waals surface area contributed by atoms with E-state index in [2.05, 4.69) is 25.7 Å². The smallest absolute Gasteiger partial charge is 0.417 e. The van der Waals surface area contributed by atoms with Gasteiger partial charge >= 0.3 is 12.8 Å². The molecule has 4 rings (SSSR count). The molecule has 0 fully saturated rings. The molecule has 0 N–H and O–H groups in total. The molecule has 3 aliphatic rings. The summed E-state index contributed by atoms with van der Waals surface area (Å²) < 4.78 is 70.1. The number of aliphatic imine (C=N–C) groups is 1. The van der Waals surface area contributed by atoms with E-state index in [1.807, 2.05) is 18.2 Å². The quantitative estimate of drug-likeness (QED) is 0.619. The zero-order valence-corrected chi connectivity index (χ0v) is 14.7. The molecule has 9 heteroatoms. The number of nitrogens with zero attached hydrogens (tertiary/aromatic N) is 2. The molecule has 0 unspecified atom stereocenters. The van der Waals surface area contributed by atoms with Crippen LogP contribution in [0.3, 0.4) is 0 Å². The van der Waals surface area contributed by atoms with Crippen LogP contribution < -0.4 is 0 Å². The molecule has 0 aromatic heterocycles. The Morgan fingerprint density at radius 2 is 2.04 bits per heavy atom. The van der Waals surface area contributed by atoms with E-state index in [4.69, 9.17) is 0 Å². The molecule has 1 atom stereocenters. The van der Waals surface area contributed by atoms with Crippen molar-refractivity contribution in [1.82, 2.24) is 4.90 Å². The van der Waals surface area contributed by atoms with Crippen LogP contribution in [0.2, 0.25) is 0 Å². The molecule has 1 aromatic carbocycles. The van der Waals surface area contributed by atoms with Gasteiger partial charge in [0.15, 0.2) is 11.6 Å². The molecule has 0 amide bonds.